The molecular weight excluding hydrogens is 222 g/mol. The van der Waals surface area contributed by atoms with Crippen LogP contribution in [0.3, 0.4) is 0 Å². The molecular formula is C12H23NO4. The minimum Gasteiger partial charge on any atom is -0.481 e. The topological polar surface area (TPSA) is 75.6 Å². The van der Waals surface area contributed by atoms with Gasteiger partial charge < -0.3 is 15.2 Å². The largest absolute Gasteiger partial charge is 0.481 e. The number of carboxylic acid groups (broad SMARTS) is 1. The second kappa shape index (κ2) is 6.00. The van der Waals surface area contributed by atoms with E-state index in [2.05, 4.69) is 5.32 Å². The van der Waals surface area contributed by atoms with Gasteiger partial charge in [0.15, 0.2) is 0 Å². The van der Waals surface area contributed by atoms with Gasteiger partial charge in [0.2, 0.25) is 5.91 Å². The maximum Gasteiger partial charge on any atom is 0.309 e. The number of ether oxygens (including phenoxy) is 1. The van der Waals surface area contributed by atoms with Crippen LogP contribution in [0.2, 0.25) is 0 Å². The molecule has 2 N–H and O–H groups in total. The van der Waals surface area contributed by atoms with E-state index in [-0.39, 0.29) is 12.3 Å². The fraction of sp³-hybridized carbons (Fsp3) is 0.833. The lowest BCUT2D eigenvalue weighted by molar-refractivity contribution is -0.149. The molecule has 0 rings (SSSR count). The van der Waals surface area contributed by atoms with E-state index in [9.17, 15) is 9.59 Å². The summed E-state index contributed by atoms with van der Waals surface area (Å²) in [6.45, 7) is 9.64. The van der Waals surface area contributed by atoms with Gasteiger partial charge >= 0.3 is 5.97 Å². The van der Waals surface area contributed by atoms with Crippen molar-refractivity contribution in [3.8, 4) is 0 Å². The van der Waals surface area contributed by atoms with E-state index in [1.54, 1.807) is 0 Å². The van der Waals surface area contributed by atoms with Crippen molar-refractivity contribution < 1.29 is 19.4 Å². The zero-order chi connectivity index (χ0) is 13.7. The molecule has 0 fully saturated rings. The second-order valence-corrected chi connectivity index (χ2v) is 5.34. The van der Waals surface area contributed by atoms with E-state index in [1.165, 1.54) is 13.8 Å². The number of carbonyl (C=O) groups is 2. The van der Waals surface area contributed by atoms with Crippen LogP contribution in [0, 0.1) is 5.41 Å². The van der Waals surface area contributed by atoms with Crippen molar-refractivity contribution in [1.82, 2.24) is 5.32 Å². The molecule has 0 aliphatic rings. The van der Waals surface area contributed by atoms with Gasteiger partial charge in [0.05, 0.1) is 11.0 Å². The normalized spacial score (nSPS) is 12.3. The van der Waals surface area contributed by atoms with Crippen molar-refractivity contribution >= 4 is 11.9 Å². The molecule has 0 spiro atoms. The van der Waals surface area contributed by atoms with Crippen molar-refractivity contribution in [2.45, 2.75) is 46.6 Å². The van der Waals surface area contributed by atoms with Gasteiger partial charge in [0.1, 0.15) is 0 Å². The quantitative estimate of drug-likeness (QED) is 0.711. The Morgan fingerprint density at radius 2 is 1.76 bits per heavy atom. The molecule has 0 aromatic heterocycles. The van der Waals surface area contributed by atoms with E-state index in [0.29, 0.717) is 13.2 Å². The lowest BCUT2D eigenvalue weighted by Gasteiger charge is -2.26. The van der Waals surface area contributed by atoms with Gasteiger partial charge in [-0.05, 0) is 34.6 Å². The summed E-state index contributed by atoms with van der Waals surface area (Å²) in [4.78, 5) is 22.4. The van der Waals surface area contributed by atoms with Crippen LogP contribution in [0.1, 0.15) is 41.0 Å². The van der Waals surface area contributed by atoms with Crippen LogP contribution < -0.4 is 5.32 Å². The van der Waals surface area contributed by atoms with E-state index in [1.807, 2.05) is 20.8 Å². The summed E-state index contributed by atoms with van der Waals surface area (Å²) >= 11 is 0. The van der Waals surface area contributed by atoms with Gasteiger partial charge in [0, 0.05) is 19.6 Å². The number of rotatable bonds is 7. The van der Waals surface area contributed by atoms with Crippen LogP contribution in [0.4, 0.5) is 0 Å². The van der Waals surface area contributed by atoms with Crippen LogP contribution in [-0.2, 0) is 14.3 Å². The zero-order valence-electron chi connectivity index (χ0n) is 11.3. The molecule has 5 nitrogen and oxygen atoms in total. The van der Waals surface area contributed by atoms with Crippen LogP contribution in [-0.4, -0.2) is 35.7 Å². The van der Waals surface area contributed by atoms with Crippen LogP contribution in [0.15, 0.2) is 0 Å². The Kier molecular flexibility index (Phi) is 5.61. The molecule has 5 heteroatoms. The number of carboxylic acids is 1. The first-order chi connectivity index (χ1) is 7.60. The van der Waals surface area contributed by atoms with Crippen molar-refractivity contribution in [3.05, 3.63) is 0 Å². The smallest absolute Gasteiger partial charge is 0.309 e. The summed E-state index contributed by atoms with van der Waals surface area (Å²) in [5, 5.41) is 11.6. The molecule has 0 aliphatic heterocycles. The first kappa shape index (κ1) is 15.9. The zero-order valence-corrected chi connectivity index (χ0v) is 11.3. The van der Waals surface area contributed by atoms with Gasteiger partial charge in [0.25, 0.3) is 0 Å². The van der Waals surface area contributed by atoms with E-state index >= 15 is 0 Å². The monoisotopic (exact) mass is 245 g/mol. The van der Waals surface area contributed by atoms with Gasteiger partial charge in [-0.2, -0.15) is 0 Å². The Morgan fingerprint density at radius 3 is 2.18 bits per heavy atom. The summed E-state index contributed by atoms with van der Waals surface area (Å²) in [7, 11) is 0. The predicted molar refractivity (Wildman–Crippen MR) is 64.7 cm³/mol. The van der Waals surface area contributed by atoms with Crippen LogP contribution in [0.5, 0.6) is 0 Å². The summed E-state index contributed by atoms with van der Waals surface area (Å²) < 4.78 is 5.43. The molecule has 0 radical (unpaired) electrons. The lowest BCUT2D eigenvalue weighted by Crippen LogP contribution is -2.42. The van der Waals surface area contributed by atoms with Gasteiger partial charge in [-0.1, -0.05) is 0 Å². The second-order valence-electron chi connectivity index (χ2n) is 5.34. The third-order valence-corrected chi connectivity index (χ3v) is 2.43. The molecule has 0 aromatic carbocycles. The molecule has 0 atom stereocenters. The molecule has 0 unspecified atom stereocenters. The van der Waals surface area contributed by atoms with Crippen molar-refractivity contribution in [3.63, 3.8) is 0 Å². The van der Waals surface area contributed by atoms with E-state index in [4.69, 9.17) is 9.84 Å². The SMILES string of the molecule is CCOC(C)(C)CNC(=O)CC(C)(C)C(=O)O. The number of carbonyl (C=O) groups excluding carboxylic acids is 1. The summed E-state index contributed by atoms with van der Waals surface area (Å²) in [6.07, 6.45) is -0.0372. The van der Waals surface area contributed by atoms with E-state index in [0.717, 1.165) is 0 Å². The number of hydrogen-bond donors (Lipinski definition) is 2. The summed E-state index contributed by atoms with van der Waals surface area (Å²) in [5.74, 6) is -1.25. The van der Waals surface area contributed by atoms with Gasteiger partial charge in [-0.15, -0.1) is 0 Å². The first-order valence-corrected chi connectivity index (χ1v) is 5.75. The minimum absolute atomic E-state index is 0.0372. The third-order valence-electron chi connectivity index (χ3n) is 2.43. The Morgan fingerprint density at radius 1 is 1.24 bits per heavy atom. The molecule has 17 heavy (non-hydrogen) atoms. The average Bonchev–Trinajstić information content (AvgIpc) is 2.14. The molecule has 0 aromatic rings. The van der Waals surface area contributed by atoms with Crippen molar-refractivity contribution in [1.29, 1.82) is 0 Å². The maximum atomic E-state index is 11.6. The molecule has 0 bridgehead atoms. The first-order valence-electron chi connectivity index (χ1n) is 5.75. The molecule has 0 saturated carbocycles. The predicted octanol–water partition coefficient (Wildman–Crippen LogP) is 1.42. The minimum atomic E-state index is -1.04. The summed E-state index contributed by atoms with van der Waals surface area (Å²) in [5.41, 5.74) is -1.47. The molecule has 100 valence electrons. The average molecular weight is 245 g/mol. The maximum absolute atomic E-state index is 11.6. The Hall–Kier alpha value is -1.10. The highest BCUT2D eigenvalue weighted by molar-refractivity contribution is 5.84. The van der Waals surface area contributed by atoms with Crippen LogP contribution >= 0.6 is 0 Å². The number of nitrogens with one attached hydrogen (secondary N) is 1. The Labute approximate surface area is 103 Å². The molecule has 0 heterocycles. The van der Waals surface area contributed by atoms with Crippen LogP contribution in [0.25, 0.3) is 0 Å². The van der Waals surface area contributed by atoms with Crippen molar-refractivity contribution in [2.75, 3.05) is 13.2 Å². The molecule has 0 aliphatic carbocycles. The lowest BCUT2D eigenvalue weighted by atomic mass is 9.89. The Bertz CT molecular complexity index is 284. The number of aliphatic carboxylic acids is 1. The van der Waals surface area contributed by atoms with Gasteiger partial charge in [-0.25, -0.2) is 0 Å². The highest BCUT2D eigenvalue weighted by atomic mass is 16.5. The molecule has 1 amide bonds. The number of hydrogen-bond acceptors (Lipinski definition) is 3. The van der Waals surface area contributed by atoms with Crippen molar-refractivity contribution in [2.24, 2.45) is 5.41 Å². The Balaban J connectivity index is 4.17. The standard InChI is InChI=1S/C12H23NO4/c1-6-17-12(4,5)8-13-9(14)7-11(2,3)10(15)16/h6-8H2,1-5H3,(H,13,14)(H,15,16). The highest BCUT2D eigenvalue weighted by Gasteiger charge is 2.30. The highest BCUT2D eigenvalue weighted by Crippen LogP contribution is 2.20. The van der Waals surface area contributed by atoms with Gasteiger partial charge in [-0.3, -0.25) is 9.59 Å². The summed E-state index contributed by atoms with van der Waals surface area (Å²) in [6, 6.07) is 0. The third kappa shape index (κ3) is 6.26. The fourth-order valence-electron chi connectivity index (χ4n) is 1.29. The number of amides is 1. The fourth-order valence-corrected chi connectivity index (χ4v) is 1.29. The van der Waals surface area contributed by atoms with E-state index < -0.39 is 17.0 Å². The molecule has 0 saturated heterocycles.